The lowest BCUT2D eigenvalue weighted by molar-refractivity contribution is -0.120. The van der Waals surface area contributed by atoms with Gasteiger partial charge in [0.15, 0.2) is 0 Å². The number of rotatable bonds is 8. The highest BCUT2D eigenvalue weighted by atomic mass is 16.5. The van der Waals surface area contributed by atoms with Crippen LogP contribution in [-0.4, -0.2) is 37.1 Å². The van der Waals surface area contributed by atoms with E-state index >= 15 is 0 Å². The van der Waals surface area contributed by atoms with Crippen molar-refractivity contribution in [2.75, 3.05) is 20.2 Å². The lowest BCUT2D eigenvalue weighted by atomic mass is 10.2. The lowest BCUT2D eigenvalue weighted by Gasteiger charge is -2.06. The molecule has 1 amide bonds. The summed E-state index contributed by atoms with van der Waals surface area (Å²) < 4.78 is 4.59. The smallest absolute Gasteiger partial charge is 0.339 e. The fourth-order valence-corrected chi connectivity index (χ4v) is 1.54. The minimum Gasteiger partial charge on any atom is -0.465 e. The molecule has 1 rings (SSSR count). The molecule has 0 fully saturated rings. The Labute approximate surface area is 118 Å². The van der Waals surface area contributed by atoms with Crippen molar-refractivity contribution in [2.45, 2.75) is 26.3 Å². The highest BCUT2D eigenvalue weighted by Crippen LogP contribution is 2.01. The Morgan fingerprint density at radius 3 is 2.70 bits per heavy atom. The van der Waals surface area contributed by atoms with Crippen molar-refractivity contribution in [3.63, 3.8) is 0 Å². The molecule has 0 aromatic carbocycles. The van der Waals surface area contributed by atoms with Crippen LogP contribution in [0.15, 0.2) is 18.3 Å². The first-order valence-corrected chi connectivity index (χ1v) is 6.68. The standard InChI is InChI=1S/C14H21N3O3/c1-3-7-16-13(18)6-8-15-10-12-5-4-11(9-17-12)14(19)20-2/h4-5,9,15H,3,6-8,10H2,1-2H3,(H,16,18). The molecule has 6 nitrogen and oxygen atoms in total. The van der Waals surface area contributed by atoms with Gasteiger partial charge in [0.25, 0.3) is 0 Å². The Hall–Kier alpha value is -1.95. The monoisotopic (exact) mass is 279 g/mol. The number of carbonyl (C=O) groups is 2. The summed E-state index contributed by atoms with van der Waals surface area (Å²) >= 11 is 0. The average molecular weight is 279 g/mol. The second-order valence-corrected chi connectivity index (χ2v) is 4.31. The molecule has 0 unspecified atom stereocenters. The van der Waals surface area contributed by atoms with Crippen LogP contribution in [0.5, 0.6) is 0 Å². The van der Waals surface area contributed by atoms with Gasteiger partial charge in [0.1, 0.15) is 0 Å². The van der Waals surface area contributed by atoms with E-state index in [1.807, 2.05) is 6.92 Å². The van der Waals surface area contributed by atoms with E-state index in [9.17, 15) is 9.59 Å². The summed E-state index contributed by atoms with van der Waals surface area (Å²) in [6, 6.07) is 3.43. The number of esters is 1. The zero-order valence-corrected chi connectivity index (χ0v) is 11.9. The lowest BCUT2D eigenvalue weighted by Crippen LogP contribution is -2.28. The van der Waals surface area contributed by atoms with Crippen molar-refractivity contribution in [1.82, 2.24) is 15.6 Å². The number of hydrogen-bond acceptors (Lipinski definition) is 5. The molecule has 0 aliphatic heterocycles. The molecule has 0 aliphatic carbocycles. The molecular weight excluding hydrogens is 258 g/mol. The molecule has 1 aromatic heterocycles. The van der Waals surface area contributed by atoms with E-state index in [0.717, 1.165) is 18.7 Å². The molecule has 0 atom stereocenters. The second-order valence-electron chi connectivity index (χ2n) is 4.31. The van der Waals surface area contributed by atoms with E-state index in [4.69, 9.17) is 0 Å². The Morgan fingerprint density at radius 1 is 1.30 bits per heavy atom. The number of hydrogen-bond donors (Lipinski definition) is 2. The maximum absolute atomic E-state index is 11.3. The number of methoxy groups -OCH3 is 1. The van der Waals surface area contributed by atoms with Gasteiger partial charge >= 0.3 is 5.97 Å². The Bertz CT molecular complexity index is 432. The van der Waals surface area contributed by atoms with Crippen LogP contribution in [0.25, 0.3) is 0 Å². The first kappa shape index (κ1) is 16.1. The normalized spacial score (nSPS) is 10.1. The van der Waals surface area contributed by atoms with Gasteiger partial charge in [-0.15, -0.1) is 0 Å². The van der Waals surface area contributed by atoms with Gasteiger partial charge in [-0.2, -0.15) is 0 Å². The van der Waals surface area contributed by atoms with Gasteiger partial charge in [0.2, 0.25) is 5.91 Å². The second kappa shape index (κ2) is 9.03. The topological polar surface area (TPSA) is 80.3 Å². The van der Waals surface area contributed by atoms with Crippen molar-refractivity contribution in [3.8, 4) is 0 Å². The Kier molecular flexibility index (Phi) is 7.27. The summed E-state index contributed by atoms with van der Waals surface area (Å²) in [6.07, 6.45) is 2.87. The van der Waals surface area contributed by atoms with Crippen molar-refractivity contribution >= 4 is 11.9 Å². The average Bonchev–Trinajstić information content (AvgIpc) is 2.49. The minimum atomic E-state index is -0.399. The van der Waals surface area contributed by atoms with Crippen molar-refractivity contribution in [3.05, 3.63) is 29.6 Å². The van der Waals surface area contributed by atoms with Crippen LogP contribution >= 0.6 is 0 Å². The third-order valence-electron chi connectivity index (χ3n) is 2.65. The number of carbonyl (C=O) groups excluding carboxylic acids is 2. The molecule has 0 saturated carbocycles. The fraction of sp³-hybridized carbons (Fsp3) is 0.500. The maximum Gasteiger partial charge on any atom is 0.339 e. The van der Waals surface area contributed by atoms with Gasteiger partial charge in [-0.05, 0) is 18.6 Å². The zero-order valence-electron chi connectivity index (χ0n) is 11.9. The van der Waals surface area contributed by atoms with Gasteiger partial charge in [-0.3, -0.25) is 9.78 Å². The summed E-state index contributed by atoms with van der Waals surface area (Å²) in [5.74, 6) is -0.349. The third-order valence-corrected chi connectivity index (χ3v) is 2.65. The van der Waals surface area contributed by atoms with Crippen LogP contribution in [0.1, 0.15) is 35.8 Å². The van der Waals surface area contributed by atoms with E-state index in [2.05, 4.69) is 20.4 Å². The first-order chi connectivity index (χ1) is 9.67. The van der Waals surface area contributed by atoms with E-state index < -0.39 is 5.97 Å². The molecule has 1 heterocycles. The van der Waals surface area contributed by atoms with E-state index in [-0.39, 0.29) is 5.91 Å². The quantitative estimate of drug-likeness (QED) is 0.545. The molecule has 6 heteroatoms. The molecular formula is C14H21N3O3. The molecule has 0 saturated heterocycles. The van der Waals surface area contributed by atoms with Crippen LogP contribution in [0.3, 0.4) is 0 Å². The number of pyridine rings is 1. The highest BCUT2D eigenvalue weighted by molar-refractivity contribution is 5.88. The van der Waals surface area contributed by atoms with Crippen LogP contribution in [0.2, 0.25) is 0 Å². The maximum atomic E-state index is 11.3. The van der Waals surface area contributed by atoms with Gasteiger partial charge in [0.05, 0.1) is 18.4 Å². The molecule has 0 radical (unpaired) electrons. The predicted molar refractivity (Wildman–Crippen MR) is 75.2 cm³/mol. The third kappa shape index (κ3) is 5.79. The summed E-state index contributed by atoms with van der Waals surface area (Å²) in [5, 5.41) is 5.94. The van der Waals surface area contributed by atoms with Crippen LogP contribution in [0, 0.1) is 0 Å². The molecule has 1 aromatic rings. The van der Waals surface area contributed by atoms with Gasteiger partial charge < -0.3 is 15.4 Å². The van der Waals surface area contributed by atoms with Crippen LogP contribution in [-0.2, 0) is 16.1 Å². The molecule has 2 N–H and O–H groups in total. The number of ether oxygens (including phenoxy) is 1. The molecule has 0 aliphatic rings. The number of aromatic nitrogens is 1. The van der Waals surface area contributed by atoms with Gasteiger partial charge in [0, 0.05) is 32.3 Å². The SMILES string of the molecule is CCCNC(=O)CCNCc1ccc(C(=O)OC)cn1. The predicted octanol–water partition coefficient (Wildman–Crippen LogP) is 0.874. The summed E-state index contributed by atoms with van der Waals surface area (Å²) in [5.41, 5.74) is 1.24. The van der Waals surface area contributed by atoms with E-state index in [0.29, 0.717) is 25.1 Å². The van der Waals surface area contributed by atoms with Crippen molar-refractivity contribution < 1.29 is 14.3 Å². The Morgan fingerprint density at radius 2 is 2.10 bits per heavy atom. The summed E-state index contributed by atoms with van der Waals surface area (Å²) in [6.45, 7) is 3.88. The van der Waals surface area contributed by atoms with Crippen molar-refractivity contribution in [1.29, 1.82) is 0 Å². The number of amides is 1. The molecule has 0 bridgehead atoms. The fourth-order valence-electron chi connectivity index (χ4n) is 1.54. The summed E-state index contributed by atoms with van der Waals surface area (Å²) in [7, 11) is 1.33. The highest BCUT2D eigenvalue weighted by Gasteiger charge is 2.05. The largest absolute Gasteiger partial charge is 0.465 e. The van der Waals surface area contributed by atoms with E-state index in [1.54, 1.807) is 12.1 Å². The Balaban J connectivity index is 2.25. The van der Waals surface area contributed by atoms with E-state index in [1.165, 1.54) is 13.3 Å². The van der Waals surface area contributed by atoms with Gasteiger partial charge in [-0.25, -0.2) is 4.79 Å². The van der Waals surface area contributed by atoms with Crippen LogP contribution < -0.4 is 10.6 Å². The van der Waals surface area contributed by atoms with Crippen LogP contribution in [0.4, 0.5) is 0 Å². The summed E-state index contributed by atoms with van der Waals surface area (Å²) in [4.78, 5) is 26.7. The van der Waals surface area contributed by atoms with Crippen molar-refractivity contribution in [2.24, 2.45) is 0 Å². The molecule has 110 valence electrons. The first-order valence-electron chi connectivity index (χ1n) is 6.68. The minimum absolute atomic E-state index is 0.0494. The zero-order chi connectivity index (χ0) is 14.8. The van der Waals surface area contributed by atoms with Gasteiger partial charge in [-0.1, -0.05) is 6.92 Å². The molecule has 0 spiro atoms. The molecule has 20 heavy (non-hydrogen) atoms. The number of nitrogens with zero attached hydrogens (tertiary/aromatic N) is 1. The number of nitrogens with one attached hydrogen (secondary N) is 2.